The summed E-state index contributed by atoms with van der Waals surface area (Å²) in [7, 11) is 0. The second kappa shape index (κ2) is 7.78. The van der Waals surface area contributed by atoms with Gasteiger partial charge in [-0.1, -0.05) is 5.21 Å². The van der Waals surface area contributed by atoms with Gasteiger partial charge in [-0.2, -0.15) is 0 Å². The molecule has 1 unspecified atom stereocenters. The van der Waals surface area contributed by atoms with Gasteiger partial charge < -0.3 is 14.7 Å². The Hall–Kier alpha value is -1.25. The molecule has 0 spiro atoms. The minimum Gasteiger partial charge on any atom is -0.490 e. The molecule has 8 heteroatoms. The molecule has 0 amide bonds. The Morgan fingerprint density at radius 3 is 2.77 bits per heavy atom. The van der Waals surface area contributed by atoms with Crippen molar-refractivity contribution in [3.05, 3.63) is 16.6 Å². The number of aromatic nitrogens is 3. The first-order valence-electron chi connectivity index (χ1n) is 9.29. The Balaban J connectivity index is 1.35. The van der Waals surface area contributed by atoms with E-state index in [0.717, 1.165) is 28.0 Å². The number of hydrogen-bond donors (Lipinski definition) is 1. The fourth-order valence-electron chi connectivity index (χ4n) is 3.40. The quantitative estimate of drug-likeness (QED) is 0.737. The van der Waals surface area contributed by atoms with E-state index in [1.165, 1.54) is 12.8 Å². The first-order valence-corrected chi connectivity index (χ1v) is 10.1. The molecular formula is C18H24BrFN4O2. The van der Waals surface area contributed by atoms with Crippen LogP contribution >= 0.6 is 15.9 Å². The molecule has 2 aliphatic rings. The number of ether oxygens (including phenoxy) is 1. The highest BCUT2D eigenvalue weighted by Gasteiger charge is 2.24. The summed E-state index contributed by atoms with van der Waals surface area (Å²) < 4.78 is 21.7. The predicted octanol–water partition coefficient (Wildman–Crippen LogP) is 2.78. The topological polar surface area (TPSA) is 63.4 Å². The van der Waals surface area contributed by atoms with Gasteiger partial charge in [0.05, 0.1) is 9.99 Å². The lowest BCUT2D eigenvalue weighted by atomic mass is 10.1. The van der Waals surface area contributed by atoms with Crippen LogP contribution < -0.4 is 4.74 Å². The average molecular weight is 427 g/mol. The smallest absolute Gasteiger partial charge is 0.136 e. The normalized spacial score (nSPS) is 20.6. The third kappa shape index (κ3) is 4.18. The number of benzene rings is 1. The molecule has 1 aliphatic carbocycles. The number of alkyl halides is 1. The summed E-state index contributed by atoms with van der Waals surface area (Å²) in [6.07, 6.45) is 2.32. The maximum absolute atomic E-state index is 13.2. The number of β-amino-alcohol motifs (C(OH)–C–C–N with tert-alkyl or cyclic N) is 1. The van der Waals surface area contributed by atoms with Crippen molar-refractivity contribution in [1.82, 2.24) is 19.9 Å². The molecule has 2 fully saturated rings. The van der Waals surface area contributed by atoms with E-state index in [0.29, 0.717) is 38.2 Å². The number of fused-ring (bicyclic) bond motifs is 1. The Morgan fingerprint density at radius 1 is 1.27 bits per heavy atom. The van der Waals surface area contributed by atoms with Crippen molar-refractivity contribution in [3.8, 4) is 5.75 Å². The monoisotopic (exact) mass is 426 g/mol. The summed E-state index contributed by atoms with van der Waals surface area (Å²) in [6.45, 7) is 2.99. The van der Waals surface area contributed by atoms with E-state index in [2.05, 4.69) is 31.1 Å². The summed E-state index contributed by atoms with van der Waals surface area (Å²) in [5.41, 5.74) is 1.77. The minimum absolute atomic E-state index is 0.190. The van der Waals surface area contributed by atoms with Gasteiger partial charge in [0, 0.05) is 26.2 Å². The molecule has 26 heavy (non-hydrogen) atoms. The molecule has 2 heterocycles. The molecule has 6 nitrogen and oxygen atoms in total. The van der Waals surface area contributed by atoms with E-state index >= 15 is 0 Å². The molecule has 1 saturated carbocycles. The summed E-state index contributed by atoms with van der Waals surface area (Å²) in [6, 6.07) is 3.86. The second-order valence-corrected chi connectivity index (χ2v) is 8.19. The first-order chi connectivity index (χ1) is 12.6. The number of aliphatic hydroxyl groups is 1. The van der Waals surface area contributed by atoms with Gasteiger partial charge in [-0.15, -0.1) is 5.10 Å². The number of likely N-dealkylation sites (tertiary alicyclic amines) is 1. The van der Waals surface area contributed by atoms with Gasteiger partial charge >= 0.3 is 0 Å². The van der Waals surface area contributed by atoms with Crippen LogP contribution in [0.5, 0.6) is 5.75 Å². The largest absolute Gasteiger partial charge is 0.490 e. The van der Waals surface area contributed by atoms with E-state index < -0.39 is 12.3 Å². The highest BCUT2D eigenvalue weighted by atomic mass is 79.9. The molecular weight excluding hydrogens is 403 g/mol. The number of piperidine rings is 1. The van der Waals surface area contributed by atoms with Crippen molar-refractivity contribution in [2.75, 3.05) is 26.2 Å². The zero-order chi connectivity index (χ0) is 18.1. The predicted molar refractivity (Wildman–Crippen MR) is 100 cm³/mol. The number of hydrogen-bond acceptors (Lipinski definition) is 5. The zero-order valence-corrected chi connectivity index (χ0v) is 16.2. The minimum atomic E-state index is -0.698. The van der Waals surface area contributed by atoms with E-state index in [4.69, 9.17) is 4.74 Å². The lowest BCUT2D eigenvalue weighted by Crippen LogP contribution is -2.41. The summed E-state index contributed by atoms with van der Waals surface area (Å²) >= 11 is 3.56. The molecule has 2 aromatic rings. The number of rotatable bonds is 7. The summed E-state index contributed by atoms with van der Waals surface area (Å²) in [4.78, 5) is 2.09. The summed E-state index contributed by atoms with van der Waals surface area (Å²) in [5.74, 6) is 1.38. The number of aliphatic hydroxyl groups excluding tert-OH is 1. The zero-order valence-electron chi connectivity index (χ0n) is 14.7. The van der Waals surface area contributed by atoms with E-state index in [1.54, 1.807) is 0 Å². The van der Waals surface area contributed by atoms with E-state index in [1.807, 2.05) is 16.8 Å². The van der Waals surface area contributed by atoms with Crippen molar-refractivity contribution in [1.29, 1.82) is 0 Å². The molecule has 4 rings (SSSR count). The van der Waals surface area contributed by atoms with Crippen molar-refractivity contribution in [3.63, 3.8) is 0 Å². The molecule has 1 atom stereocenters. The van der Waals surface area contributed by atoms with Crippen LogP contribution in [0.1, 0.15) is 25.7 Å². The number of nitrogens with zero attached hydrogens (tertiary/aromatic N) is 4. The molecule has 1 aliphatic heterocycles. The highest BCUT2D eigenvalue weighted by molar-refractivity contribution is 9.10. The van der Waals surface area contributed by atoms with Gasteiger partial charge in [0.25, 0.3) is 0 Å². The SMILES string of the molecule is OC(COc1ccc2c(nnn2CC2CC2)c1Br)CN1CCC(F)CC1. The van der Waals surface area contributed by atoms with Crippen LogP contribution in [-0.4, -0.2) is 63.5 Å². The Labute approximate surface area is 160 Å². The molecule has 0 radical (unpaired) electrons. The fraction of sp³-hybridized carbons (Fsp3) is 0.667. The maximum atomic E-state index is 13.2. The van der Waals surface area contributed by atoms with Crippen LogP contribution in [0.15, 0.2) is 16.6 Å². The fourth-order valence-corrected chi connectivity index (χ4v) is 3.93. The summed E-state index contributed by atoms with van der Waals surface area (Å²) in [5, 5.41) is 18.8. The van der Waals surface area contributed by atoms with Crippen LogP contribution in [0.4, 0.5) is 4.39 Å². The first kappa shape index (κ1) is 18.1. The van der Waals surface area contributed by atoms with Crippen LogP contribution in [0.2, 0.25) is 0 Å². The molecule has 1 aromatic carbocycles. The van der Waals surface area contributed by atoms with Gasteiger partial charge in [-0.05, 0) is 59.7 Å². The van der Waals surface area contributed by atoms with Crippen LogP contribution in [0, 0.1) is 5.92 Å². The van der Waals surface area contributed by atoms with Gasteiger partial charge in [-0.3, -0.25) is 0 Å². The van der Waals surface area contributed by atoms with Crippen molar-refractivity contribution in [2.24, 2.45) is 5.92 Å². The van der Waals surface area contributed by atoms with Crippen molar-refractivity contribution >= 4 is 27.0 Å². The van der Waals surface area contributed by atoms with Crippen LogP contribution in [0.25, 0.3) is 11.0 Å². The van der Waals surface area contributed by atoms with Gasteiger partial charge in [0.1, 0.15) is 30.1 Å². The van der Waals surface area contributed by atoms with Crippen molar-refractivity contribution < 1.29 is 14.2 Å². The average Bonchev–Trinajstić information content (AvgIpc) is 3.35. The van der Waals surface area contributed by atoms with Crippen LogP contribution in [0.3, 0.4) is 0 Å². The Kier molecular flexibility index (Phi) is 5.42. The maximum Gasteiger partial charge on any atom is 0.136 e. The van der Waals surface area contributed by atoms with Gasteiger partial charge in [-0.25, -0.2) is 9.07 Å². The molecule has 1 saturated heterocycles. The van der Waals surface area contributed by atoms with Crippen molar-refractivity contribution in [2.45, 2.75) is 44.5 Å². The molecule has 0 bridgehead atoms. The Bertz CT molecular complexity index is 759. The van der Waals surface area contributed by atoms with E-state index in [-0.39, 0.29) is 6.61 Å². The molecule has 1 N–H and O–H groups in total. The van der Waals surface area contributed by atoms with E-state index in [9.17, 15) is 9.50 Å². The number of halogens is 2. The highest BCUT2D eigenvalue weighted by Crippen LogP contribution is 2.34. The second-order valence-electron chi connectivity index (χ2n) is 7.40. The third-order valence-electron chi connectivity index (χ3n) is 5.14. The standard InChI is InChI=1S/C18H24BrFN4O2/c19-17-16(26-11-14(25)10-23-7-5-13(20)6-8-23)4-3-15-18(17)21-22-24(15)9-12-1-2-12/h3-4,12-14,25H,1-2,5-11H2. The molecule has 1 aromatic heterocycles. The third-order valence-corrected chi connectivity index (χ3v) is 5.90. The molecule has 142 valence electrons. The van der Waals surface area contributed by atoms with Gasteiger partial charge in [0.15, 0.2) is 0 Å². The Morgan fingerprint density at radius 2 is 2.04 bits per heavy atom. The lowest BCUT2D eigenvalue weighted by Gasteiger charge is -2.30. The van der Waals surface area contributed by atoms with Crippen LogP contribution in [-0.2, 0) is 6.54 Å². The van der Waals surface area contributed by atoms with Gasteiger partial charge in [0.2, 0.25) is 0 Å². The lowest BCUT2D eigenvalue weighted by molar-refractivity contribution is 0.0506.